The normalized spacial score (nSPS) is 9.61. The number of anilines is 3. The summed E-state index contributed by atoms with van der Waals surface area (Å²) in [5.74, 6) is 0.587. The standard InChI is InChI=1S/C13H12N4O/c1-9-4-10(8-14)6-12(5-9)16-13-7-11(17-18)2-3-15-13/h2-7,18H,1H3,(H2,15,16,17). The number of pyridine rings is 1. The molecule has 0 atom stereocenters. The summed E-state index contributed by atoms with van der Waals surface area (Å²) in [6.45, 7) is 1.92. The maximum atomic E-state index is 8.90. The van der Waals surface area contributed by atoms with E-state index in [1.54, 1.807) is 24.4 Å². The second kappa shape index (κ2) is 5.17. The minimum Gasteiger partial charge on any atom is -0.340 e. The van der Waals surface area contributed by atoms with E-state index < -0.39 is 0 Å². The van der Waals surface area contributed by atoms with Gasteiger partial charge in [0.15, 0.2) is 0 Å². The van der Waals surface area contributed by atoms with Crippen molar-refractivity contribution >= 4 is 17.2 Å². The molecule has 18 heavy (non-hydrogen) atoms. The van der Waals surface area contributed by atoms with Crippen LogP contribution in [0.15, 0.2) is 36.5 Å². The highest BCUT2D eigenvalue weighted by Gasteiger charge is 2.01. The van der Waals surface area contributed by atoms with Crippen molar-refractivity contribution in [2.75, 3.05) is 10.8 Å². The van der Waals surface area contributed by atoms with Gasteiger partial charge >= 0.3 is 0 Å². The fraction of sp³-hybridized carbons (Fsp3) is 0.0769. The monoisotopic (exact) mass is 240 g/mol. The number of hydrogen-bond acceptors (Lipinski definition) is 5. The predicted octanol–water partition coefficient (Wildman–Crippen LogP) is 2.81. The fourth-order valence-electron chi connectivity index (χ4n) is 1.64. The van der Waals surface area contributed by atoms with Gasteiger partial charge in [0.1, 0.15) is 5.82 Å². The summed E-state index contributed by atoms with van der Waals surface area (Å²) in [6.07, 6.45) is 1.57. The first-order chi connectivity index (χ1) is 8.71. The van der Waals surface area contributed by atoms with Crippen LogP contribution in [0.4, 0.5) is 17.2 Å². The number of aromatic nitrogens is 1. The number of aryl methyl sites for hydroxylation is 1. The van der Waals surface area contributed by atoms with Crippen molar-refractivity contribution in [1.82, 2.24) is 4.98 Å². The highest BCUT2D eigenvalue weighted by atomic mass is 16.5. The molecule has 0 aliphatic carbocycles. The molecule has 0 bridgehead atoms. The lowest BCUT2D eigenvalue weighted by atomic mass is 10.1. The molecule has 1 aromatic carbocycles. The smallest absolute Gasteiger partial charge is 0.132 e. The zero-order valence-electron chi connectivity index (χ0n) is 9.81. The SMILES string of the molecule is Cc1cc(C#N)cc(Nc2cc(NO)ccn2)c1. The van der Waals surface area contributed by atoms with Gasteiger partial charge < -0.3 is 5.32 Å². The van der Waals surface area contributed by atoms with Gasteiger partial charge in [0.25, 0.3) is 0 Å². The van der Waals surface area contributed by atoms with Crippen LogP contribution in [0, 0.1) is 18.3 Å². The molecule has 2 aromatic rings. The molecule has 0 aliphatic rings. The highest BCUT2D eigenvalue weighted by Crippen LogP contribution is 2.19. The molecule has 90 valence electrons. The Bertz CT molecular complexity index is 604. The summed E-state index contributed by atoms with van der Waals surface area (Å²) in [4.78, 5) is 4.12. The van der Waals surface area contributed by atoms with E-state index in [9.17, 15) is 0 Å². The molecule has 0 amide bonds. The van der Waals surface area contributed by atoms with Crippen LogP contribution in [-0.2, 0) is 0 Å². The van der Waals surface area contributed by atoms with Crippen LogP contribution >= 0.6 is 0 Å². The minimum absolute atomic E-state index is 0.542. The second-order valence-corrected chi connectivity index (χ2v) is 3.87. The summed E-state index contributed by atoms with van der Waals surface area (Å²) in [7, 11) is 0. The van der Waals surface area contributed by atoms with Gasteiger partial charge in [-0.2, -0.15) is 5.26 Å². The largest absolute Gasteiger partial charge is 0.340 e. The summed E-state index contributed by atoms with van der Waals surface area (Å²) in [5.41, 5.74) is 4.97. The number of benzene rings is 1. The molecular formula is C13H12N4O. The fourth-order valence-corrected chi connectivity index (χ4v) is 1.64. The molecule has 0 unspecified atom stereocenters. The number of nitrogens with one attached hydrogen (secondary N) is 2. The molecule has 1 aromatic heterocycles. The molecule has 0 radical (unpaired) electrons. The average molecular weight is 240 g/mol. The lowest BCUT2D eigenvalue weighted by Crippen LogP contribution is -1.96. The molecule has 2 rings (SSSR count). The first-order valence-electron chi connectivity index (χ1n) is 5.36. The number of hydrogen-bond donors (Lipinski definition) is 3. The molecule has 0 saturated carbocycles. The lowest BCUT2D eigenvalue weighted by Gasteiger charge is -2.08. The van der Waals surface area contributed by atoms with Crippen molar-refractivity contribution in [2.45, 2.75) is 6.92 Å². The van der Waals surface area contributed by atoms with Crippen LogP contribution in [0.25, 0.3) is 0 Å². The highest BCUT2D eigenvalue weighted by molar-refractivity contribution is 5.62. The first-order valence-corrected chi connectivity index (χ1v) is 5.36. The van der Waals surface area contributed by atoms with E-state index in [1.807, 2.05) is 19.1 Å². The van der Waals surface area contributed by atoms with Crippen molar-refractivity contribution in [3.05, 3.63) is 47.7 Å². The third-order valence-electron chi connectivity index (χ3n) is 2.37. The molecule has 0 spiro atoms. The van der Waals surface area contributed by atoms with Gasteiger partial charge in [0.05, 0.1) is 17.3 Å². The molecule has 0 saturated heterocycles. The number of nitriles is 1. The predicted molar refractivity (Wildman–Crippen MR) is 68.8 cm³/mol. The van der Waals surface area contributed by atoms with Crippen molar-refractivity contribution in [2.24, 2.45) is 0 Å². The van der Waals surface area contributed by atoms with Crippen LogP contribution in [-0.4, -0.2) is 10.2 Å². The van der Waals surface area contributed by atoms with Gasteiger partial charge in [-0.15, -0.1) is 0 Å². The second-order valence-electron chi connectivity index (χ2n) is 3.87. The van der Waals surface area contributed by atoms with Crippen molar-refractivity contribution in [3.63, 3.8) is 0 Å². The number of rotatable bonds is 3. The van der Waals surface area contributed by atoms with Crippen molar-refractivity contribution < 1.29 is 5.21 Å². The van der Waals surface area contributed by atoms with E-state index in [-0.39, 0.29) is 0 Å². The van der Waals surface area contributed by atoms with Gasteiger partial charge in [-0.05, 0) is 36.8 Å². The van der Waals surface area contributed by atoms with Gasteiger partial charge in [-0.1, -0.05) is 0 Å². The van der Waals surface area contributed by atoms with Crippen LogP contribution in [0.3, 0.4) is 0 Å². The van der Waals surface area contributed by atoms with Gasteiger partial charge in [-0.3, -0.25) is 10.7 Å². The Hall–Kier alpha value is -2.58. The molecule has 3 N–H and O–H groups in total. The minimum atomic E-state index is 0.542. The van der Waals surface area contributed by atoms with E-state index in [4.69, 9.17) is 10.5 Å². The Morgan fingerprint density at radius 1 is 1.22 bits per heavy atom. The molecule has 5 heteroatoms. The molecule has 0 aliphatic heterocycles. The van der Waals surface area contributed by atoms with E-state index in [2.05, 4.69) is 21.9 Å². The van der Waals surface area contributed by atoms with Crippen LogP contribution in [0.1, 0.15) is 11.1 Å². The lowest BCUT2D eigenvalue weighted by molar-refractivity contribution is 0.389. The van der Waals surface area contributed by atoms with E-state index in [1.165, 1.54) is 0 Å². The maximum absolute atomic E-state index is 8.90. The van der Waals surface area contributed by atoms with E-state index in [0.717, 1.165) is 11.3 Å². The average Bonchev–Trinajstić information content (AvgIpc) is 2.38. The van der Waals surface area contributed by atoms with Crippen molar-refractivity contribution in [1.29, 1.82) is 5.26 Å². The molecule has 0 fully saturated rings. The Balaban J connectivity index is 2.28. The van der Waals surface area contributed by atoms with Gasteiger partial charge in [0, 0.05) is 18.0 Å². The summed E-state index contributed by atoms with van der Waals surface area (Å²) < 4.78 is 0. The Morgan fingerprint density at radius 2 is 2.06 bits per heavy atom. The molecular weight excluding hydrogens is 228 g/mol. The summed E-state index contributed by atoms with van der Waals surface area (Å²) in [6, 6.07) is 10.9. The zero-order chi connectivity index (χ0) is 13.0. The third-order valence-corrected chi connectivity index (χ3v) is 2.37. The van der Waals surface area contributed by atoms with Gasteiger partial charge in [0.2, 0.25) is 0 Å². The van der Waals surface area contributed by atoms with Crippen LogP contribution in [0.2, 0.25) is 0 Å². The summed E-state index contributed by atoms with van der Waals surface area (Å²) >= 11 is 0. The summed E-state index contributed by atoms with van der Waals surface area (Å²) in [5, 5.41) is 20.8. The quantitative estimate of drug-likeness (QED) is 0.719. The number of nitrogens with zero attached hydrogens (tertiary/aromatic N) is 2. The van der Waals surface area contributed by atoms with Crippen molar-refractivity contribution in [3.8, 4) is 6.07 Å². The van der Waals surface area contributed by atoms with Crippen LogP contribution < -0.4 is 10.8 Å². The zero-order valence-corrected chi connectivity index (χ0v) is 9.81. The molecule has 5 nitrogen and oxygen atoms in total. The first kappa shape index (κ1) is 11.9. The van der Waals surface area contributed by atoms with E-state index in [0.29, 0.717) is 17.1 Å². The third kappa shape index (κ3) is 2.75. The van der Waals surface area contributed by atoms with Crippen LogP contribution in [0.5, 0.6) is 0 Å². The molecule has 1 heterocycles. The van der Waals surface area contributed by atoms with Gasteiger partial charge in [-0.25, -0.2) is 4.98 Å². The Kier molecular flexibility index (Phi) is 3.41. The van der Waals surface area contributed by atoms with E-state index >= 15 is 0 Å². The maximum Gasteiger partial charge on any atom is 0.132 e. The Labute approximate surface area is 105 Å². The topological polar surface area (TPSA) is 81.0 Å². The Morgan fingerprint density at radius 3 is 2.78 bits per heavy atom.